The van der Waals surface area contributed by atoms with Gasteiger partial charge >= 0.3 is 0 Å². The minimum atomic E-state index is 0.539. The Balaban J connectivity index is 1.70. The van der Waals surface area contributed by atoms with Crippen molar-refractivity contribution in [3.63, 3.8) is 0 Å². The summed E-state index contributed by atoms with van der Waals surface area (Å²) in [6.45, 7) is 2.46. The molecule has 0 saturated carbocycles. The van der Waals surface area contributed by atoms with E-state index in [1.54, 1.807) is 0 Å². The van der Waals surface area contributed by atoms with Crippen molar-refractivity contribution in [1.82, 2.24) is 0 Å². The minimum absolute atomic E-state index is 0.539. The van der Waals surface area contributed by atoms with Crippen LogP contribution < -0.4 is 0 Å². The largest absolute Gasteiger partial charge is 0.148 e. The molecule has 0 N–H and O–H groups in total. The van der Waals surface area contributed by atoms with E-state index in [1.807, 2.05) is 0 Å². The average Bonchev–Trinajstić information content (AvgIpc) is 2.29. The summed E-state index contributed by atoms with van der Waals surface area (Å²) < 4.78 is 1.44. The fraction of sp³-hybridized carbons (Fsp3) is 1.00. The maximum Gasteiger partial charge on any atom is 0.0583 e. The highest BCUT2D eigenvalue weighted by Crippen LogP contribution is 2.47. The van der Waals surface area contributed by atoms with E-state index in [0.29, 0.717) is 4.08 Å². The second-order valence-electron chi connectivity index (χ2n) is 4.25. The van der Waals surface area contributed by atoms with Crippen molar-refractivity contribution >= 4 is 47.0 Å². The Morgan fingerprint density at radius 1 is 1.00 bits per heavy atom. The molecule has 2 aliphatic heterocycles. The summed E-state index contributed by atoms with van der Waals surface area (Å²) in [7, 11) is 0. The number of hydrogen-bond acceptors (Lipinski definition) is 4. The standard InChI is InChI=1S/C11H20S4/c1-11(14-8-3-9-15-11)5-4-10-12-6-2-7-13-10/h10H,2-9H2,1H3. The van der Waals surface area contributed by atoms with Crippen molar-refractivity contribution in [1.29, 1.82) is 0 Å². The van der Waals surface area contributed by atoms with Crippen LogP contribution in [-0.4, -0.2) is 31.7 Å². The van der Waals surface area contributed by atoms with Gasteiger partial charge in [-0.3, -0.25) is 0 Å². The van der Waals surface area contributed by atoms with Crippen LogP contribution in [0.1, 0.15) is 32.6 Å². The molecule has 15 heavy (non-hydrogen) atoms. The number of hydrogen-bond donors (Lipinski definition) is 0. The van der Waals surface area contributed by atoms with Gasteiger partial charge in [0.1, 0.15) is 0 Å². The summed E-state index contributed by atoms with van der Waals surface area (Å²) in [4.78, 5) is 0. The molecule has 0 unspecified atom stereocenters. The van der Waals surface area contributed by atoms with Crippen molar-refractivity contribution < 1.29 is 0 Å². The van der Waals surface area contributed by atoms with Crippen molar-refractivity contribution in [3.05, 3.63) is 0 Å². The molecule has 0 aromatic heterocycles. The predicted octanol–water partition coefficient (Wildman–Crippen LogP) is 4.55. The van der Waals surface area contributed by atoms with Gasteiger partial charge in [0.05, 0.1) is 8.66 Å². The van der Waals surface area contributed by atoms with E-state index in [0.717, 1.165) is 4.58 Å². The highest BCUT2D eigenvalue weighted by atomic mass is 32.2. The quantitative estimate of drug-likeness (QED) is 0.743. The summed E-state index contributed by atoms with van der Waals surface area (Å²) >= 11 is 8.79. The van der Waals surface area contributed by atoms with Crippen LogP contribution in [0.4, 0.5) is 0 Å². The Labute approximate surface area is 111 Å². The molecule has 2 aliphatic rings. The third-order valence-corrected chi connectivity index (χ3v) is 9.24. The van der Waals surface area contributed by atoms with Gasteiger partial charge in [0.25, 0.3) is 0 Å². The molecule has 0 aromatic carbocycles. The Kier molecular flexibility index (Phi) is 5.45. The molecule has 2 heterocycles. The molecule has 0 bridgehead atoms. The highest BCUT2D eigenvalue weighted by Gasteiger charge is 2.29. The molecule has 0 atom stereocenters. The Bertz CT molecular complexity index is 183. The molecule has 0 nitrogen and oxygen atoms in total. The smallest absolute Gasteiger partial charge is 0.0583 e. The molecule has 2 saturated heterocycles. The molecule has 0 aromatic rings. The van der Waals surface area contributed by atoms with E-state index in [1.165, 1.54) is 48.7 Å². The van der Waals surface area contributed by atoms with E-state index in [-0.39, 0.29) is 0 Å². The van der Waals surface area contributed by atoms with Gasteiger partial charge in [-0.2, -0.15) is 0 Å². The first kappa shape index (κ1) is 12.8. The number of rotatable bonds is 3. The van der Waals surface area contributed by atoms with E-state index < -0.39 is 0 Å². The van der Waals surface area contributed by atoms with Gasteiger partial charge in [-0.05, 0) is 55.6 Å². The maximum atomic E-state index is 2.46. The Hall–Kier alpha value is 1.40. The summed E-state index contributed by atoms with van der Waals surface area (Å²) in [5.74, 6) is 5.56. The average molecular weight is 281 g/mol. The number of thioether (sulfide) groups is 4. The lowest BCUT2D eigenvalue weighted by Crippen LogP contribution is -2.22. The van der Waals surface area contributed by atoms with Gasteiger partial charge in [0.2, 0.25) is 0 Å². The van der Waals surface area contributed by atoms with Crippen LogP contribution in [0.3, 0.4) is 0 Å². The van der Waals surface area contributed by atoms with Gasteiger partial charge in [-0.25, -0.2) is 0 Å². The van der Waals surface area contributed by atoms with Crippen molar-refractivity contribution in [2.45, 2.75) is 41.3 Å². The lowest BCUT2D eigenvalue weighted by Gasteiger charge is -2.34. The van der Waals surface area contributed by atoms with Crippen LogP contribution in [0.5, 0.6) is 0 Å². The van der Waals surface area contributed by atoms with Crippen molar-refractivity contribution in [2.24, 2.45) is 0 Å². The van der Waals surface area contributed by atoms with Crippen LogP contribution in [0.15, 0.2) is 0 Å². The summed E-state index contributed by atoms with van der Waals surface area (Å²) in [6.07, 6.45) is 5.67. The lowest BCUT2D eigenvalue weighted by atomic mass is 10.2. The van der Waals surface area contributed by atoms with Gasteiger partial charge in [-0.15, -0.1) is 47.0 Å². The molecule has 2 fully saturated rings. The minimum Gasteiger partial charge on any atom is -0.148 e. The summed E-state index contributed by atoms with van der Waals surface area (Å²) in [6, 6.07) is 0. The molecule has 88 valence electrons. The first-order valence-electron chi connectivity index (χ1n) is 5.80. The lowest BCUT2D eigenvalue weighted by molar-refractivity contribution is 0.730. The fourth-order valence-electron chi connectivity index (χ4n) is 1.90. The Morgan fingerprint density at radius 2 is 1.60 bits per heavy atom. The summed E-state index contributed by atoms with van der Waals surface area (Å²) in [5.41, 5.74) is 0. The molecular weight excluding hydrogens is 260 g/mol. The topological polar surface area (TPSA) is 0 Å². The molecule has 0 aliphatic carbocycles. The van der Waals surface area contributed by atoms with Gasteiger partial charge < -0.3 is 0 Å². The molecule has 0 amide bonds. The second kappa shape index (κ2) is 6.36. The molecule has 4 heteroatoms. The first-order valence-corrected chi connectivity index (χ1v) is 9.86. The van der Waals surface area contributed by atoms with E-state index in [2.05, 4.69) is 54.0 Å². The predicted molar refractivity (Wildman–Crippen MR) is 80.5 cm³/mol. The van der Waals surface area contributed by atoms with Crippen LogP contribution in [0, 0.1) is 0 Å². The fourth-order valence-corrected chi connectivity index (χ4v) is 7.75. The molecule has 0 spiro atoms. The van der Waals surface area contributed by atoms with Crippen LogP contribution in [0.25, 0.3) is 0 Å². The van der Waals surface area contributed by atoms with Crippen LogP contribution >= 0.6 is 47.0 Å². The first-order chi connectivity index (χ1) is 7.29. The summed E-state index contributed by atoms with van der Waals surface area (Å²) in [5, 5.41) is 0. The van der Waals surface area contributed by atoms with E-state index in [9.17, 15) is 0 Å². The molecule has 2 rings (SSSR count). The van der Waals surface area contributed by atoms with Crippen molar-refractivity contribution in [2.75, 3.05) is 23.0 Å². The van der Waals surface area contributed by atoms with Crippen molar-refractivity contribution in [3.8, 4) is 0 Å². The highest BCUT2D eigenvalue weighted by molar-refractivity contribution is 8.19. The second-order valence-corrected chi connectivity index (χ2v) is 10.6. The van der Waals surface area contributed by atoms with Gasteiger partial charge in [-0.1, -0.05) is 0 Å². The third kappa shape index (κ3) is 4.29. The van der Waals surface area contributed by atoms with E-state index >= 15 is 0 Å². The zero-order valence-corrected chi connectivity index (χ0v) is 12.6. The molecular formula is C11H20S4. The van der Waals surface area contributed by atoms with Crippen LogP contribution in [-0.2, 0) is 0 Å². The monoisotopic (exact) mass is 280 g/mol. The van der Waals surface area contributed by atoms with Gasteiger partial charge in [0.15, 0.2) is 0 Å². The Morgan fingerprint density at radius 3 is 2.27 bits per heavy atom. The normalized spacial score (nSPS) is 27.8. The van der Waals surface area contributed by atoms with E-state index in [4.69, 9.17) is 0 Å². The zero-order valence-electron chi connectivity index (χ0n) is 9.37. The van der Waals surface area contributed by atoms with Crippen LogP contribution in [0.2, 0.25) is 0 Å². The van der Waals surface area contributed by atoms with Gasteiger partial charge in [0, 0.05) is 0 Å². The SMILES string of the molecule is CC1(CCC2SCCCS2)SCCCS1. The third-order valence-electron chi connectivity index (χ3n) is 2.83. The molecule has 0 radical (unpaired) electrons. The maximum absolute atomic E-state index is 2.46. The zero-order chi connectivity index (χ0) is 10.6.